The number of hydrogen-bond donors (Lipinski definition) is 0. The standard InChI is InChI=1S/C20H16F2N4O/c1-13(21)20(27)25-10-11-26-17(12-25)18(14-6-8-23-9-7-14)19(24-26)15-2-4-16(22)5-3-15/h2-9H,1,10-12H2. The third kappa shape index (κ3) is 3.12. The average Bonchev–Trinajstić information content (AvgIpc) is 3.07. The van der Waals surface area contributed by atoms with E-state index in [9.17, 15) is 13.6 Å². The predicted octanol–water partition coefficient (Wildman–Crippen LogP) is 3.58. The van der Waals surface area contributed by atoms with Gasteiger partial charge < -0.3 is 4.90 Å². The average molecular weight is 366 g/mol. The molecule has 0 N–H and O–H groups in total. The quantitative estimate of drug-likeness (QED) is 0.666. The fourth-order valence-electron chi connectivity index (χ4n) is 3.29. The molecule has 0 radical (unpaired) electrons. The van der Waals surface area contributed by atoms with E-state index in [0.29, 0.717) is 18.8 Å². The van der Waals surface area contributed by atoms with Crippen LogP contribution >= 0.6 is 0 Å². The molecule has 0 saturated carbocycles. The third-order valence-corrected chi connectivity index (χ3v) is 4.59. The van der Waals surface area contributed by atoms with Crippen molar-refractivity contribution in [3.05, 3.63) is 72.7 Å². The van der Waals surface area contributed by atoms with Gasteiger partial charge in [0.1, 0.15) is 11.5 Å². The summed E-state index contributed by atoms with van der Waals surface area (Å²) >= 11 is 0. The second-order valence-corrected chi connectivity index (χ2v) is 6.27. The van der Waals surface area contributed by atoms with Crippen LogP contribution in [0.25, 0.3) is 22.4 Å². The summed E-state index contributed by atoms with van der Waals surface area (Å²) in [6.45, 7) is 4.10. The molecule has 0 spiro atoms. The SMILES string of the molecule is C=C(F)C(=O)N1CCn2nc(-c3ccc(F)cc3)c(-c3ccncc3)c2C1. The summed E-state index contributed by atoms with van der Waals surface area (Å²) in [5.41, 5.74) is 3.94. The zero-order chi connectivity index (χ0) is 19.0. The van der Waals surface area contributed by atoms with Crippen molar-refractivity contribution in [3.63, 3.8) is 0 Å². The molecule has 3 aromatic rings. The normalized spacial score (nSPS) is 13.3. The second-order valence-electron chi connectivity index (χ2n) is 6.27. The van der Waals surface area contributed by atoms with Gasteiger partial charge in [0.05, 0.1) is 18.8 Å². The number of nitrogens with zero attached hydrogens (tertiary/aromatic N) is 4. The topological polar surface area (TPSA) is 51.0 Å². The van der Waals surface area contributed by atoms with Crippen molar-refractivity contribution in [1.82, 2.24) is 19.7 Å². The zero-order valence-corrected chi connectivity index (χ0v) is 14.4. The van der Waals surface area contributed by atoms with Crippen LogP contribution in [0, 0.1) is 5.82 Å². The van der Waals surface area contributed by atoms with E-state index in [0.717, 1.165) is 22.4 Å². The number of benzene rings is 1. The van der Waals surface area contributed by atoms with Gasteiger partial charge in [0.2, 0.25) is 0 Å². The van der Waals surface area contributed by atoms with Gasteiger partial charge in [-0.2, -0.15) is 5.10 Å². The first-order valence-corrected chi connectivity index (χ1v) is 8.44. The Kier molecular flexibility index (Phi) is 4.27. The highest BCUT2D eigenvalue weighted by molar-refractivity contribution is 5.91. The van der Waals surface area contributed by atoms with Crippen molar-refractivity contribution >= 4 is 5.91 Å². The Labute approximate surface area is 154 Å². The van der Waals surface area contributed by atoms with Gasteiger partial charge in [0, 0.05) is 30.1 Å². The Hall–Kier alpha value is -3.35. The number of aromatic nitrogens is 3. The lowest BCUT2D eigenvalue weighted by Gasteiger charge is -2.27. The van der Waals surface area contributed by atoms with E-state index in [-0.39, 0.29) is 12.4 Å². The molecule has 5 nitrogen and oxygen atoms in total. The molecule has 0 atom stereocenters. The van der Waals surface area contributed by atoms with Crippen LogP contribution in [0.15, 0.2) is 61.2 Å². The van der Waals surface area contributed by atoms with E-state index < -0.39 is 11.7 Å². The van der Waals surface area contributed by atoms with E-state index >= 15 is 0 Å². The van der Waals surface area contributed by atoms with E-state index in [1.807, 2.05) is 16.8 Å². The Morgan fingerprint density at radius 2 is 1.74 bits per heavy atom. The van der Waals surface area contributed by atoms with Crippen molar-refractivity contribution in [2.24, 2.45) is 0 Å². The predicted molar refractivity (Wildman–Crippen MR) is 96.5 cm³/mol. The molecule has 3 heterocycles. The molecule has 27 heavy (non-hydrogen) atoms. The molecule has 136 valence electrons. The number of hydrogen-bond acceptors (Lipinski definition) is 3. The number of amides is 1. The van der Waals surface area contributed by atoms with E-state index in [4.69, 9.17) is 0 Å². The summed E-state index contributed by atoms with van der Waals surface area (Å²) in [6.07, 6.45) is 3.34. The Bertz CT molecular complexity index is 1010. The summed E-state index contributed by atoms with van der Waals surface area (Å²) < 4.78 is 28.5. The maximum atomic E-state index is 13.3. The van der Waals surface area contributed by atoms with Gasteiger partial charge in [0.25, 0.3) is 5.91 Å². The van der Waals surface area contributed by atoms with Crippen molar-refractivity contribution in [2.75, 3.05) is 6.54 Å². The minimum atomic E-state index is -0.979. The summed E-state index contributed by atoms with van der Waals surface area (Å²) in [5.74, 6) is -2.02. The van der Waals surface area contributed by atoms with Gasteiger partial charge in [0.15, 0.2) is 5.83 Å². The number of rotatable bonds is 3. The van der Waals surface area contributed by atoms with Gasteiger partial charge in [-0.15, -0.1) is 0 Å². The van der Waals surface area contributed by atoms with Crippen molar-refractivity contribution < 1.29 is 13.6 Å². The number of carbonyl (C=O) groups excluding carboxylic acids is 1. The maximum Gasteiger partial charge on any atom is 0.282 e. The van der Waals surface area contributed by atoms with Gasteiger partial charge in [-0.05, 0) is 42.0 Å². The second kappa shape index (κ2) is 6.75. The molecule has 1 aromatic carbocycles. The molecule has 0 aliphatic carbocycles. The first-order valence-electron chi connectivity index (χ1n) is 8.44. The van der Waals surface area contributed by atoms with Gasteiger partial charge in [-0.25, -0.2) is 8.78 Å². The van der Waals surface area contributed by atoms with Gasteiger partial charge in [-0.1, -0.05) is 6.58 Å². The lowest BCUT2D eigenvalue weighted by molar-refractivity contribution is -0.130. The summed E-state index contributed by atoms with van der Waals surface area (Å²) in [7, 11) is 0. The number of halogens is 2. The first-order chi connectivity index (χ1) is 13.0. The maximum absolute atomic E-state index is 13.3. The molecular weight excluding hydrogens is 350 g/mol. The zero-order valence-electron chi connectivity index (χ0n) is 14.4. The van der Waals surface area contributed by atoms with Crippen LogP contribution in [0.2, 0.25) is 0 Å². The highest BCUT2D eigenvalue weighted by Crippen LogP contribution is 2.36. The van der Waals surface area contributed by atoms with Crippen LogP contribution in [0.3, 0.4) is 0 Å². The van der Waals surface area contributed by atoms with Crippen molar-refractivity contribution in [1.29, 1.82) is 0 Å². The van der Waals surface area contributed by atoms with E-state index in [1.165, 1.54) is 17.0 Å². The summed E-state index contributed by atoms with van der Waals surface area (Å²) in [5, 5.41) is 4.69. The third-order valence-electron chi connectivity index (χ3n) is 4.59. The minimum absolute atomic E-state index is 0.216. The molecule has 0 bridgehead atoms. The molecule has 1 amide bonds. The van der Waals surface area contributed by atoms with E-state index in [1.54, 1.807) is 24.5 Å². The van der Waals surface area contributed by atoms with Gasteiger partial charge in [-0.3, -0.25) is 14.5 Å². The van der Waals surface area contributed by atoms with Crippen LogP contribution < -0.4 is 0 Å². The largest absolute Gasteiger partial charge is 0.329 e. The lowest BCUT2D eigenvalue weighted by Crippen LogP contribution is -2.38. The Morgan fingerprint density at radius 3 is 2.41 bits per heavy atom. The van der Waals surface area contributed by atoms with Crippen LogP contribution in [0.1, 0.15) is 5.69 Å². The molecule has 7 heteroatoms. The lowest BCUT2D eigenvalue weighted by atomic mass is 9.99. The summed E-state index contributed by atoms with van der Waals surface area (Å²) in [6, 6.07) is 9.79. The number of carbonyl (C=O) groups is 1. The van der Waals surface area contributed by atoms with E-state index in [2.05, 4.69) is 16.7 Å². The van der Waals surface area contributed by atoms with Gasteiger partial charge >= 0.3 is 0 Å². The molecule has 1 aliphatic heterocycles. The molecule has 2 aromatic heterocycles. The monoisotopic (exact) mass is 366 g/mol. The molecule has 1 aliphatic rings. The fourth-order valence-corrected chi connectivity index (χ4v) is 3.29. The number of fused-ring (bicyclic) bond motifs is 1. The van der Waals surface area contributed by atoms with Crippen molar-refractivity contribution in [3.8, 4) is 22.4 Å². The molecule has 0 saturated heterocycles. The van der Waals surface area contributed by atoms with Crippen LogP contribution in [-0.2, 0) is 17.9 Å². The molecule has 0 fully saturated rings. The molecule has 4 rings (SSSR count). The highest BCUT2D eigenvalue weighted by atomic mass is 19.1. The fraction of sp³-hybridized carbons (Fsp3) is 0.150. The van der Waals surface area contributed by atoms with Crippen LogP contribution in [-0.4, -0.2) is 32.1 Å². The first kappa shape index (κ1) is 17.1. The Morgan fingerprint density at radius 1 is 1.04 bits per heavy atom. The highest BCUT2D eigenvalue weighted by Gasteiger charge is 2.28. The van der Waals surface area contributed by atoms with Crippen LogP contribution in [0.4, 0.5) is 8.78 Å². The molecular formula is C20H16F2N4O. The Balaban J connectivity index is 1.86. The van der Waals surface area contributed by atoms with Crippen molar-refractivity contribution in [2.45, 2.75) is 13.1 Å². The van der Waals surface area contributed by atoms with Crippen LogP contribution in [0.5, 0.6) is 0 Å². The minimum Gasteiger partial charge on any atom is -0.329 e. The number of pyridine rings is 1. The molecule has 0 unspecified atom stereocenters. The summed E-state index contributed by atoms with van der Waals surface area (Å²) in [4.78, 5) is 17.5. The smallest absolute Gasteiger partial charge is 0.282 e.